The van der Waals surface area contributed by atoms with Gasteiger partial charge in [0.1, 0.15) is 13.2 Å². The number of guanidine groups is 1. The van der Waals surface area contributed by atoms with Gasteiger partial charge in [-0.1, -0.05) is 78.9 Å². The number of ether oxygens (including phenoxy) is 3. The number of aliphatic imine (C=N–C) groups is 1. The number of rotatable bonds is 10. The number of carbonyl (C=O) groups excluding carboxylic acids is 5. The standard InChI is InChI=1S/C32H33N5O8/c1-43-28(39)26-25(27(38)37(26)30(40)34-24-16-9-4-10-17-24)18-11-19-33-29(35-31(41)44-20-22-12-5-2-6-13-22)36-32(42)45-21-23-14-7-3-8-15-23/h2-10,12-17,25-26H,11,18-21H2,1H3,(H,34,40)(H2,33,35,36,41,42)/t25-,26+/m0/s1. The van der Waals surface area contributed by atoms with Crippen molar-refractivity contribution in [3.8, 4) is 0 Å². The number of hydrogen-bond donors (Lipinski definition) is 3. The van der Waals surface area contributed by atoms with Crippen molar-refractivity contribution in [2.45, 2.75) is 32.1 Å². The van der Waals surface area contributed by atoms with Crippen LogP contribution in [-0.2, 0) is 37.0 Å². The Balaban J connectivity index is 1.33. The van der Waals surface area contributed by atoms with Crippen LogP contribution >= 0.6 is 0 Å². The highest BCUT2D eigenvalue weighted by Gasteiger charge is 2.54. The molecule has 3 aromatic rings. The number of nitrogens with zero attached hydrogens (tertiary/aromatic N) is 2. The summed E-state index contributed by atoms with van der Waals surface area (Å²) in [5, 5.41) is 7.83. The van der Waals surface area contributed by atoms with E-state index >= 15 is 0 Å². The number of anilines is 1. The van der Waals surface area contributed by atoms with Gasteiger partial charge in [-0.3, -0.25) is 10.1 Å². The van der Waals surface area contributed by atoms with E-state index in [0.717, 1.165) is 16.0 Å². The van der Waals surface area contributed by atoms with Crippen LogP contribution in [-0.4, -0.2) is 60.6 Å². The smallest absolute Gasteiger partial charge is 0.437 e. The van der Waals surface area contributed by atoms with Crippen molar-refractivity contribution >= 4 is 41.7 Å². The van der Waals surface area contributed by atoms with Gasteiger partial charge in [0, 0.05) is 12.2 Å². The summed E-state index contributed by atoms with van der Waals surface area (Å²) in [6.07, 6.45) is -1.31. The summed E-state index contributed by atoms with van der Waals surface area (Å²) in [5.74, 6) is -2.28. The first-order valence-corrected chi connectivity index (χ1v) is 14.1. The van der Waals surface area contributed by atoms with Crippen LogP contribution in [0, 0.1) is 5.92 Å². The number of carbonyl (C=O) groups is 5. The average molecular weight is 616 g/mol. The Hall–Kier alpha value is -5.72. The van der Waals surface area contributed by atoms with Gasteiger partial charge in [-0.15, -0.1) is 4.99 Å². The number of amides is 5. The summed E-state index contributed by atoms with van der Waals surface area (Å²) in [6, 6.07) is 24.7. The largest absolute Gasteiger partial charge is 0.467 e. The third-order valence-corrected chi connectivity index (χ3v) is 6.73. The van der Waals surface area contributed by atoms with Crippen molar-refractivity contribution in [2.75, 3.05) is 19.0 Å². The zero-order valence-corrected chi connectivity index (χ0v) is 24.5. The molecule has 5 amide bonds. The molecule has 13 nitrogen and oxygen atoms in total. The molecule has 0 saturated carbocycles. The Morgan fingerprint density at radius 1 is 0.822 bits per heavy atom. The van der Waals surface area contributed by atoms with Crippen molar-refractivity contribution in [1.29, 1.82) is 0 Å². The normalized spacial score (nSPS) is 15.7. The molecule has 45 heavy (non-hydrogen) atoms. The highest BCUT2D eigenvalue weighted by molar-refractivity contribution is 6.11. The van der Waals surface area contributed by atoms with Gasteiger partial charge in [-0.25, -0.2) is 24.1 Å². The lowest BCUT2D eigenvalue weighted by molar-refractivity contribution is -0.167. The van der Waals surface area contributed by atoms with Crippen molar-refractivity contribution in [1.82, 2.24) is 15.5 Å². The van der Waals surface area contributed by atoms with Gasteiger partial charge in [0.15, 0.2) is 6.04 Å². The molecule has 13 heteroatoms. The molecule has 0 aliphatic carbocycles. The summed E-state index contributed by atoms with van der Waals surface area (Å²) in [4.78, 5) is 67.7. The number of β-lactam (4-membered cyclic amide) rings is 1. The van der Waals surface area contributed by atoms with E-state index in [-0.39, 0.29) is 32.1 Å². The summed E-state index contributed by atoms with van der Waals surface area (Å²) >= 11 is 0. The van der Waals surface area contributed by atoms with E-state index in [4.69, 9.17) is 14.2 Å². The Labute approximate surface area is 259 Å². The molecular formula is C32H33N5O8. The molecule has 4 rings (SSSR count). The SMILES string of the molecule is COC(=O)[C@H]1[C@H](CCCNC(=NC(=O)OCc2ccccc2)NC(=O)OCc2ccccc2)C(=O)N1C(=O)Nc1ccccc1. The Kier molecular flexibility index (Phi) is 11.6. The lowest BCUT2D eigenvalue weighted by Crippen LogP contribution is -2.67. The maximum Gasteiger partial charge on any atom is 0.437 e. The van der Waals surface area contributed by atoms with Crippen LogP contribution < -0.4 is 16.0 Å². The van der Waals surface area contributed by atoms with E-state index in [0.29, 0.717) is 12.1 Å². The highest BCUT2D eigenvalue weighted by atomic mass is 16.6. The van der Waals surface area contributed by atoms with Gasteiger partial charge >= 0.3 is 24.2 Å². The van der Waals surface area contributed by atoms with E-state index in [9.17, 15) is 24.0 Å². The topological polar surface area (TPSA) is 165 Å². The minimum atomic E-state index is -1.10. The van der Waals surface area contributed by atoms with Crippen LogP contribution in [0.2, 0.25) is 0 Å². The number of urea groups is 1. The first-order chi connectivity index (χ1) is 21.9. The third kappa shape index (κ3) is 9.38. The van der Waals surface area contributed by atoms with Gasteiger partial charge in [0.2, 0.25) is 11.9 Å². The minimum absolute atomic E-state index is 0.00847. The number of para-hydroxylation sites is 1. The number of hydrogen-bond acceptors (Lipinski definition) is 8. The van der Waals surface area contributed by atoms with Crippen LogP contribution in [0.15, 0.2) is 96.0 Å². The summed E-state index contributed by atoms with van der Waals surface area (Å²) < 4.78 is 15.3. The molecule has 0 unspecified atom stereocenters. The fraction of sp³-hybridized carbons (Fsp3) is 0.250. The van der Waals surface area contributed by atoms with E-state index in [1.165, 1.54) is 7.11 Å². The molecule has 1 saturated heterocycles. The predicted molar refractivity (Wildman–Crippen MR) is 163 cm³/mol. The molecule has 1 aliphatic heterocycles. The Morgan fingerprint density at radius 3 is 2.00 bits per heavy atom. The quantitative estimate of drug-likeness (QED) is 0.0757. The van der Waals surface area contributed by atoms with Gasteiger partial charge < -0.3 is 24.8 Å². The maximum atomic E-state index is 12.9. The van der Waals surface area contributed by atoms with Crippen LogP contribution in [0.1, 0.15) is 24.0 Å². The second-order valence-electron chi connectivity index (χ2n) is 9.84. The zero-order chi connectivity index (χ0) is 32.0. The Morgan fingerprint density at radius 2 is 1.40 bits per heavy atom. The second-order valence-corrected chi connectivity index (χ2v) is 9.84. The van der Waals surface area contributed by atoms with E-state index < -0.39 is 42.1 Å². The summed E-state index contributed by atoms with van der Waals surface area (Å²) in [5.41, 5.74) is 1.98. The summed E-state index contributed by atoms with van der Waals surface area (Å²) in [6.45, 7) is 0.102. The number of nitrogens with one attached hydrogen (secondary N) is 3. The maximum absolute atomic E-state index is 12.9. The molecule has 0 bridgehead atoms. The fourth-order valence-corrected chi connectivity index (χ4v) is 4.49. The minimum Gasteiger partial charge on any atom is -0.467 e. The Bertz CT molecular complexity index is 1500. The molecule has 3 N–H and O–H groups in total. The third-order valence-electron chi connectivity index (χ3n) is 6.73. The molecular weight excluding hydrogens is 582 g/mol. The van der Waals surface area contributed by atoms with Crippen molar-refractivity contribution in [2.24, 2.45) is 10.9 Å². The molecule has 1 fully saturated rings. The fourth-order valence-electron chi connectivity index (χ4n) is 4.49. The molecule has 1 heterocycles. The van der Waals surface area contributed by atoms with E-state index in [1.807, 2.05) is 12.1 Å². The first-order valence-electron chi connectivity index (χ1n) is 14.1. The number of benzene rings is 3. The van der Waals surface area contributed by atoms with E-state index in [2.05, 4.69) is 20.9 Å². The molecule has 0 spiro atoms. The van der Waals surface area contributed by atoms with Crippen molar-refractivity contribution < 1.29 is 38.2 Å². The average Bonchev–Trinajstić information content (AvgIpc) is 3.06. The number of imide groups is 1. The summed E-state index contributed by atoms with van der Waals surface area (Å²) in [7, 11) is 1.18. The number of alkyl carbamates (subject to hydrolysis) is 1. The lowest BCUT2D eigenvalue weighted by Gasteiger charge is -2.43. The predicted octanol–water partition coefficient (Wildman–Crippen LogP) is 4.21. The van der Waals surface area contributed by atoms with Crippen LogP contribution in [0.3, 0.4) is 0 Å². The number of esters is 1. The number of likely N-dealkylation sites (tertiary alicyclic amines) is 1. The van der Waals surface area contributed by atoms with E-state index in [1.54, 1.807) is 78.9 Å². The lowest BCUT2D eigenvalue weighted by atomic mass is 9.84. The molecule has 0 aromatic heterocycles. The molecule has 1 aliphatic rings. The van der Waals surface area contributed by atoms with Crippen molar-refractivity contribution in [3.05, 3.63) is 102 Å². The van der Waals surface area contributed by atoms with Crippen LogP contribution in [0.25, 0.3) is 0 Å². The molecule has 234 valence electrons. The van der Waals surface area contributed by atoms with Crippen molar-refractivity contribution in [3.63, 3.8) is 0 Å². The molecule has 3 aromatic carbocycles. The van der Waals surface area contributed by atoms with Gasteiger partial charge in [-0.05, 0) is 36.1 Å². The first kappa shape index (κ1) is 32.2. The highest BCUT2D eigenvalue weighted by Crippen LogP contribution is 2.32. The second kappa shape index (κ2) is 16.2. The molecule has 0 radical (unpaired) electrons. The van der Waals surface area contributed by atoms with Gasteiger partial charge in [-0.2, -0.15) is 0 Å². The van der Waals surface area contributed by atoms with Crippen LogP contribution in [0.5, 0.6) is 0 Å². The zero-order valence-electron chi connectivity index (χ0n) is 24.5. The van der Waals surface area contributed by atoms with Gasteiger partial charge in [0.25, 0.3) is 0 Å². The van der Waals surface area contributed by atoms with Crippen LogP contribution in [0.4, 0.5) is 20.1 Å². The molecule has 2 atom stereocenters. The van der Waals surface area contributed by atoms with Gasteiger partial charge in [0.05, 0.1) is 13.0 Å². The monoisotopic (exact) mass is 615 g/mol. The number of methoxy groups -OCH3 is 1.